The number of hydrogen-bond acceptors (Lipinski definition) is 4. The molecule has 3 heterocycles. The molecule has 2 fully saturated rings. The first kappa shape index (κ1) is 10.6. The summed E-state index contributed by atoms with van der Waals surface area (Å²) >= 11 is 11.9. The van der Waals surface area contributed by atoms with Crippen LogP contribution in [0.5, 0.6) is 0 Å². The normalized spacial score (nSPS) is 28.5. The van der Waals surface area contributed by atoms with Crippen LogP contribution in [0.2, 0.25) is 10.3 Å². The molecule has 0 aliphatic carbocycles. The van der Waals surface area contributed by atoms with Gasteiger partial charge >= 0.3 is 0 Å². The SMILES string of the molecule is Clc1cc(N2CC3CNCC3C2)c(Cl)nn1. The van der Waals surface area contributed by atoms with E-state index in [2.05, 4.69) is 20.4 Å². The molecule has 0 saturated carbocycles. The van der Waals surface area contributed by atoms with Crippen LogP contribution >= 0.6 is 23.2 Å². The Kier molecular flexibility index (Phi) is 2.65. The number of anilines is 1. The fraction of sp³-hybridized carbons (Fsp3) is 0.600. The molecule has 16 heavy (non-hydrogen) atoms. The van der Waals surface area contributed by atoms with Crippen LogP contribution in [0.1, 0.15) is 0 Å². The molecular weight excluding hydrogens is 247 g/mol. The highest BCUT2D eigenvalue weighted by atomic mass is 35.5. The van der Waals surface area contributed by atoms with Crippen LogP contribution in [0.3, 0.4) is 0 Å². The lowest BCUT2D eigenvalue weighted by Crippen LogP contribution is -2.25. The molecule has 0 radical (unpaired) electrons. The van der Waals surface area contributed by atoms with E-state index in [1.165, 1.54) is 0 Å². The van der Waals surface area contributed by atoms with Crippen LogP contribution in [0.15, 0.2) is 6.07 Å². The van der Waals surface area contributed by atoms with Gasteiger partial charge in [-0.2, -0.15) is 0 Å². The maximum absolute atomic E-state index is 6.04. The van der Waals surface area contributed by atoms with Crippen molar-refractivity contribution in [2.45, 2.75) is 0 Å². The second-order valence-corrected chi connectivity index (χ2v) is 5.17. The Balaban J connectivity index is 1.85. The summed E-state index contributed by atoms with van der Waals surface area (Å²) in [5.41, 5.74) is 0.913. The van der Waals surface area contributed by atoms with E-state index in [0.717, 1.165) is 43.7 Å². The number of aromatic nitrogens is 2. The summed E-state index contributed by atoms with van der Waals surface area (Å²) in [6.45, 7) is 4.26. The van der Waals surface area contributed by atoms with Crippen LogP contribution in [-0.2, 0) is 0 Å². The molecule has 86 valence electrons. The van der Waals surface area contributed by atoms with Gasteiger partial charge in [-0.1, -0.05) is 23.2 Å². The predicted molar refractivity (Wildman–Crippen MR) is 64.1 cm³/mol. The van der Waals surface area contributed by atoms with Crippen molar-refractivity contribution in [1.82, 2.24) is 15.5 Å². The minimum Gasteiger partial charge on any atom is -0.368 e. The number of hydrogen-bond donors (Lipinski definition) is 1. The van der Waals surface area contributed by atoms with Crippen LogP contribution in [0, 0.1) is 11.8 Å². The van der Waals surface area contributed by atoms with Crippen LogP contribution in [-0.4, -0.2) is 36.4 Å². The Morgan fingerprint density at radius 2 is 1.88 bits per heavy atom. The summed E-state index contributed by atoms with van der Waals surface area (Å²) in [4.78, 5) is 2.26. The van der Waals surface area contributed by atoms with Crippen molar-refractivity contribution in [3.05, 3.63) is 16.4 Å². The Bertz CT molecular complexity index is 400. The summed E-state index contributed by atoms with van der Waals surface area (Å²) < 4.78 is 0. The smallest absolute Gasteiger partial charge is 0.175 e. The molecular formula is C10H12Cl2N4. The highest BCUT2D eigenvalue weighted by Crippen LogP contribution is 2.34. The summed E-state index contributed by atoms with van der Waals surface area (Å²) in [6, 6.07) is 1.80. The van der Waals surface area contributed by atoms with Gasteiger partial charge in [0.15, 0.2) is 10.3 Å². The highest BCUT2D eigenvalue weighted by Gasteiger charge is 2.36. The topological polar surface area (TPSA) is 41.0 Å². The Morgan fingerprint density at radius 1 is 1.19 bits per heavy atom. The van der Waals surface area contributed by atoms with Crippen molar-refractivity contribution in [3.8, 4) is 0 Å². The molecule has 0 amide bonds. The van der Waals surface area contributed by atoms with Gasteiger partial charge in [-0.15, -0.1) is 10.2 Å². The van der Waals surface area contributed by atoms with E-state index in [9.17, 15) is 0 Å². The largest absolute Gasteiger partial charge is 0.368 e. The Hall–Kier alpha value is -0.580. The first-order valence-corrected chi connectivity index (χ1v) is 6.14. The van der Waals surface area contributed by atoms with Gasteiger partial charge in [0.05, 0.1) is 5.69 Å². The second-order valence-electron chi connectivity index (χ2n) is 4.43. The molecule has 2 aliphatic rings. The third kappa shape index (κ3) is 1.75. The molecule has 0 bridgehead atoms. The van der Waals surface area contributed by atoms with Crippen molar-refractivity contribution in [2.24, 2.45) is 11.8 Å². The fourth-order valence-electron chi connectivity index (χ4n) is 2.62. The molecule has 6 heteroatoms. The molecule has 4 nitrogen and oxygen atoms in total. The van der Waals surface area contributed by atoms with E-state index in [0.29, 0.717) is 10.3 Å². The Labute approximate surface area is 104 Å². The lowest BCUT2D eigenvalue weighted by molar-refractivity contribution is 0.533. The lowest BCUT2D eigenvalue weighted by Gasteiger charge is -2.20. The first-order valence-electron chi connectivity index (χ1n) is 5.38. The average Bonchev–Trinajstić information content (AvgIpc) is 2.81. The zero-order valence-corrected chi connectivity index (χ0v) is 10.2. The van der Waals surface area contributed by atoms with Gasteiger partial charge in [0.1, 0.15) is 0 Å². The first-order chi connectivity index (χ1) is 7.74. The van der Waals surface area contributed by atoms with E-state index in [4.69, 9.17) is 23.2 Å². The third-order valence-corrected chi connectivity index (χ3v) is 3.88. The van der Waals surface area contributed by atoms with E-state index >= 15 is 0 Å². The van der Waals surface area contributed by atoms with Gasteiger partial charge in [-0.3, -0.25) is 0 Å². The van der Waals surface area contributed by atoms with Crippen molar-refractivity contribution in [1.29, 1.82) is 0 Å². The van der Waals surface area contributed by atoms with Gasteiger partial charge in [-0.05, 0) is 11.8 Å². The maximum atomic E-state index is 6.04. The molecule has 2 saturated heterocycles. The molecule has 1 aromatic heterocycles. The summed E-state index contributed by atoms with van der Waals surface area (Å²) in [6.07, 6.45) is 0. The average molecular weight is 259 g/mol. The minimum absolute atomic E-state index is 0.398. The standard InChI is InChI=1S/C10H12Cl2N4/c11-9-1-8(10(12)15-14-9)16-4-6-2-13-3-7(6)5-16/h1,6-7,13H,2-5H2. The number of fused-ring (bicyclic) bond motifs is 1. The maximum Gasteiger partial charge on any atom is 0.175 e. The summed E-state index contributed by atoms with van der Waals surface area (Å²) in [7, 11) is 0. The zero-order chi connectivity index (χ0) is 11.1. The summed E-state index contributed by atoms with van der Waals surface area (Å²) in [5, 5.41) is 11.8. The van der Waals surface area contributed by atoms with Crippen LogP contribution < -0.4 is 10.2 Å². The number of rotatable bonds is 1. The predicted octanol–water partition coefficient (Wildman–Crippen LogP) is 1.44. The van der Waals surface area contributed by atoms with Gasteiger partial charge in [0.2, 0.25) is 0 Å². The lowest BCUT2D eigenvalue weighted by atomic mass is 10.0. The zero-order valence-electron chi connectivity index (χ0n) is 8.66. The number of nitrogens with zero attached hydrogens (tertiary/aromatic N) is 3. The quantitative estimate of drug-likeness (QED) is 0.828. The van der Waals surface area contributed by atoms with Crippen molar-refractivity contribution < 1.29 is 0 Å². The Morgan fingerprint density at radius 3 is 2.56 bits per heavy atom. The third-order valence-electron chi connectivity index (χ3n) is 3.43. The van der Waals surface area contributed by atoms with Crippen molar-refractivity contribution >= 4 is 28.9 Å². The van der Waals surface area contributed by atoms with Crippen LogP contribution in [0.25, 0.3) is 0 Å². The van der Waals surface area contributed by atoms with Crippen molar-refractivity contribution in [2.75, 3.05) is 31.1 Å². The number of nitrogens with one attached hydrogen (secondary N) is 1. The molecule has 2 atom stereocenters. The molecule has 2 unspecified atom stereocenters. The second kappa shape index (κ2) is 4.02. The summed E-state index contributed by atoms with van der Waals surface area (Å²) in [5.74, 6) is 1.45. The van der Waals surface area contributed by atoms with Gasteiger partial charge in [0.25, 0.3) is 0 Å². The van der Waals surface area contributed by atoms with Gasteiger partial charge in [0, 0.05) is 32.2 Å². The molecule has 1 N–H and O–H groups in total. The minimum atomic E-state index is 0.398. The molecule has 3 rings (SSSR count). The van der Waals surface area contributed by atoms with Gasteiger partial charge < -0.3 is 10.2 Å². The van der Waals surface area contributed by atoms with E-state index in [1.54, 1.807) is 6.07 Å². The molecule has 0 aromatic carbocycles. The molecule has 0 spiro atoms. The van der Waals surface area contributed by atoms with Crippen molar-refractivity contribution in [3.63, 3.8) is 0 Å². The van der Waals surface area contributed by atoms with Gasteiger partial charge in [-0.25, -0.2) is 0 Å². The number of halogens is 2. The van der Waals surface area contributed by atoms with E-state index in [1.807, 2.05) is 0 Å². The van der Waals surface area contributed by atoms with E-state index in [-0.39, 0.29) is 0 Å². The molecule has 1 aromatic rings. The monoisotopic (exact) mass is 258 g/mol. The van der Waals surface area contributed by atoms with E-state index < -0.39 is 0 Å². The fourth-order valence-corrected chi connectivity index (χ4v) is 2.97. The highest BCUT2D eigenvalue weighted by molar-refractivity contribution is 6.33. The van der Waals surface area contributed by atoms with Crippen LogP contribution in [0.4, 0.5) is 5.69 Å². The molecule has 2 aliphatic heterocycles.